The van der Waals surface area contributed by atoms with Gasteiger partial charge in [0.05, 0.1) is 0 Å². The molecule has 0 aliphatic rings. The van der Waals surface area contributed by atoms with Gasteiger partial charge in [-0.05, 0) is 63.8 Å². The van der Waals surface area contributed by atoms with Crippen LogP contribution >= 0.6 is 0 Å². The molecule has 0 saturated carbocycles. The molecule has 20 heavy (non-hydrogen) atoms. The third-order valence-corrected chi connectivity index (χ3v) is 3.64. The largest absolute Gasteiger partial charge is 0.352 e. The molecular weight excluding hydrogens is 250 g/mol. The summed E-state index contributed by atoms with van der Waals surface area (Å²) in [6.45, 7) is 14.7. The predicted octanol–water partition coefficient (Wildman–Crippen LogP) is 3.66. The molecule has 0 aliphatic heterocycles. The van der Waals surface area contributed by atoms with Gasteiger partial charge in [0, 0.05) is 25.8 Å². The third-order valence-electron chi connectivity index (χ3n) is 3.64. The summed E-state index contributed by atoms with van der Waals surface area (Å²) in [4.78, 5) is 0. The monoisotopic (exact) mass is 279 g/mol. The number of nitrogens with one attached hydrogen (secondary N) is 1. The molecule has 114 valence electrons. The maximum atomic E-state index is 5.56. The van der Waals surface area contributed by atoms with Crippen LogP contribution in [0.5, 0.6) is 0 Å². The van der Waals surface area contributed by atoms with E-state index in [9.17, 15) is 0 Å². The standard InChI is InChI=1S/C17H29NO2/c1-7-19-17(20-8-2)11-18-15(6)16-10-13(4)12(3)9-14(16)5/h9-10,15,17-18H,7-8,11H2,1-6H3. The van der Waals surface area contributed by atoms with Crippen molar-refractivity contribution in [2.24, 2.45) is 0 Å². The normalized spacial score (nSPS) is 12.9. The van der Waals surface area contributed by atoms with Gasteiger partial charge in [-0.1, -0.05) is 12.1 Å². The van der Waals surface area contributed by atoms with Crippen molar-refractivity contribution in [2.75, 3.05) is 19.8 Å². The topological polar surface area (TPSA) is 30.5 Å². The van der Waals surface area contributed by atoms with Gasteiger partial charge in [0.2, 0.25) is 0 Å². The highest BCUT2D eigenvalue weighted by Gasteiger charge is 2.13. The van der Waals surface area contributed by atoms with Crippen molar-refractivity contribution in [2.45, 2.75) is 53.9 Å². The summed E-state index contributed by atoms with van der Waals surface area (Å²) in [5, 5.41) is 3.51. The van der Waals surface area contributed by atoms with Crippen molar-refractivity contribution in [3.8, 4) is 0 Å². The van der Waals surface area contributed by atoms with Crippen LogP contribution < -0.4 is 5.32 Å². The van der Waals surface area contributed by atoms with Gasteiger partial charge in [-0.15, -0.1) is 0 Å². The first kappa shape index (κ1) is 17.2. The van der Waals surface area contributed by atoms with Gasteiger partial charge in [0.15, 0.2) is 6.29 Å². The minimum absolute atomic E-state index is 0.167. The van der Waals surface area contributed by atoms with Crippen molar-refractivity contribution < 1.29 is 9.47 Å². The molecule has 1 N–H and O–H groups in total. The molecule has 1 atom stereocenters. The number of hydrogen-bond acceptors (Lipinski definition) is 3. The Morgan fingerprint density at radius 1 is 0.950 bits per heavy atom. The Hall–Kier alpha value is -0.900. The van der Waals surface area contributed by atoms with Crippen molar-refractivity contribution in [3.63, 3.8) is 0 Å². The van der Waals surface area contributed by atoms with E-state index in [1.807, 2.05) is 13.8 Å². The lowest BCUT2D eigenvalue weighted by molar-refractivity contribution is -0.133. The number of rotatable bonds is 8. The Kier molecular flexibility index (Phi) is 7.20. The van der Waals surface area contributed by atoms with E-state index in [1.54, 1.807) is 0 Å². The number of ether oxygens (including phenoxy) is 2. The van der Waals surface area contributed by atoms with Gasteiger partial charge in [0.1, 0.15) is 0 Å². The van der Waals surface area contributed by atoms with E-state index in [-0.39, 0.29) is 12.3 Å². The highest BCUT2D eigenvalue weighted by atomic mass is 16.7. The van der Waals surface area contributed by atoms with Crippen LogP contribution in [0.15, 0.2) is 12.1 Å². The molecule has 1 aromatic carbocycles. The SMILES string of the molecule is CCOC(CNC(C)c1cc(C)c(C)cc1C)OCC. The lowest BCUT2D eigenvalue weighted by atomic mass is 9.96. The van der Waals surface area contributed by atoms with Gasteiger partial charge in [0.25, 0.3) is 0 Å². The molecule has 3 heteroatoms. The molecule has 1 unspecified atom stereocenters. The molecule has 3 nitrogen and oxygen atoms in total. The molecule has 0 fully saturated rings. The van der Waals surface area contributed by atoms with Crippen LogP contribution in [0.4, 0.5) is 0 Å². The molecule has 1 rings (SSSR count). The Morgan fingerprint density at radius 3 is 2.05 bits per heavy atom. The quantitative estimate of drug-likeness (QED) is 0.737. The first-order valence-corrected chi connectivity index (χ1v) is 7.53. The fourth-order valence-electron chi connectivity index (χ4n) is 2.37. The third kappa shape index (κ3) is 4.89. The van der Waals surface area contributed by atoms with E-state index < -0.39 is 0 Å². The van der Waals surface area contributed by atoms with Crippen LogP contribution in [-0.4, -0.2) is 26.0 Å². The number of benzene rings is 1. The van der Waals surface area contributed by atoms with Crippen LogP contribution in [0.3, 0.4) is 0 Å². The second-order valence-corrected chi connectivity index (χ2v) is 5.26. The Morgan fingerprint density at radius 2 is 1.50 bits per heavy atom. The summed E-state index contributed by atoms with van der Waals surface area (Å²) < 4.78 is 11.1. The van der Waals surface area contributed by atoms with Crippen LogP contribution in [0, 0.1) is 20.8 Å². The highest BCUT2D eigenvalue weighted by molar-refractivity contribution is 5.37. The average Bonchev–Trinajstić information content (AvgIpc) is 2.40. The Labute approximate surface area is 123 Å². The van der Waals surface area contributed by atoms with Crippen LogP contribution in [0.1, 0.15) is 49.1 Å². The summed E-state index contributed by atoms with van der Waals surface area (Å²) in [6.07, 6.45) is -0.167. The van der Waals surface area contributed by atoms with Crippen molar-refractivity contribution in [1.29, 1.82) is 0 Å². The zero-order chi connectivity index (χ0) is 15.1. The Bertz CT molecular complexity index is 412. The zero-order valence-electron chi connectivity index (χ0n) is 13.7. The maximum Gasteiger partial charge on any atom is 0.169 e. The molecule has 0 bridgehead atoms. The summed E-state index contributed by atoms with van der Waals surface area (Å²) in [7, 11) is 0. The summed E-state index contributed by atoms with van der Waals surface area (Å²) in [6, 6.07) is 4.82. The van der Waals surface area contributed by atoms with Crippen LogP contribution in [-0.2, 0) is 9.47 Å². The van der Waals surface area contributed by atoms with Crippen molar-refractivity contribution in [1.82, 2.24) is 5.32 Å². The van der Waals surface area contributed by atoms with E-state index in [2.05, 4.69) is 45.1 Å². The maximum absolute atomic E-state index is 5.56. The summed E-state index contributed by atoms with van der Waals surface area (Å²) >= 11 is 0. The zero-order valence-corrected chi connectivity index (χ0v) is 13.7. The first-order chi connectivity index (χ1) is 9.49. The molecule has 0 spiro atoms. The number of aryl methyl sites for hydroxylation is 3. The van der Waals surface area contributed by atoms with Gasteiger partial charge in [-0.25, -0.2) is 0 Å². The molecular formula is C17H29NO2. The predicted molar refractivity (Wildman–Crippen MR) is 84.1 cm³/mol. The molecule has 0 heterocycles. The highest BCUT2D eigenvalue weighted by Crippen LogP contribution is 2.21. The smallest absolute Gasteiger partial charge is 0.169 e. The van der Waals surface area contributed by atoms with E-state index in [1.165, 1.54) is 22.3 Å². The lowest BCUT2D eigenvalue weighted by Gasteiger charge is -2.22. The summed E-state index contributed by atoms with van der Waals surface area (Å²) in [5.74, 6) is 0. The minimum Gasteiger partial charge on any atom is -0.352 e. The summed E-state index contributed by atoms with van der Waals surface area (Å²) in [5.41, 5.74) is 5.36. The van der Waals surface area contributed by atoms with Gasteiger partial charge in [-0.2, -0.15) is 0 Å². The van der Waals surface area contributed by atoms with Gasteiger partial charge < -0.3 is 14.8 Å². The van der Waals surface area contributed by atoms with Crippen LogP contribution in [0.25, 0.3) is 0 Å². The minimum atomic E-state index is -0.167. The van der Waals surface area contributed by atoms with E-state index >= 15 is 0 Å². The molecule has 0 saturated heterocycles. The molecule has 1 aromatic rings. The lowest BCUT2D eigenvalue weighted by Crippen LogP contribution is -2.33. The molecule has 0 aromatic heterocycles. The van der Waals surface area contributed by atoms with Crippen LogP contribution in [0.2, 0.25) is 0 Å². The van der Waals surface area contributed by atoms with E-state index in [0.29, 0.717) is 19.8 Å². The average molecular weight is 279 g/mol. The molecule has 0 radical (unpaired) electrons. The second kappa shape index (κ2) is 8.40. The van der Waals surface area contributed by atoms with Crippen molar-refractivity contribution in [3.05, 3.63) is 34.4 Å². The first-order valence-electron chi connectivity index (χ1n) is 7.53. The van der Waals surface area contributed by atoms with Crippen molar-refractivity contribution >= 4 is 0 Å². The fourth-order valence-corrected chi connectivity index (χ4v) is 2.37. The number of hydrogen-bond donors (Lipinski definition) is 1. The molecule has 0 amide bonds. The van der Waals surface area contributed by atoms with Gasteiger partial charge >= 0.3 is 0 Å². The van der Waals surface area contributed by atoms with E-state index in [0.717, 1.165) is 0 Å². The van der Waals surface area contributed by atoms with Gasteiger partial charge in [-0.3, -0.25) is 0 Å². The molecule has 0 aliphatic carbocycles. The Balaban J connectivity index is 2.66. The second-order valence-electron chi connectivity index (χ2n) is 5.26. The van der Waals surface area contributed by atoms with E-state index in [4.69, 9.17) is 9.47 Å². The fraction of sp³-hybridized carbons (Fsp3) is 0.647.